The summed E-state index contributed by atoms with van der Waals surface area (Å²) in [6.45, 7) is 0. The highest BCUT2D eigenvalue weighted by molar-refractivity contribution is 9.10. The van der Waals surface area contributed by atoms with Crippen molar-refractivity contribution in [3.8, 4) is 11.5 Å². The summed E-state index contributed by atoms with van der Waals surface area (Å²) in [5.41, 5.74) is 7.59. The summed E-state index contributed by atoms with van der Waals surface area (Å²) >= 11 is 3.40. The number of alkyl halides is 3. The van der Waals surface area contributed by atoms with E-state index in [2.05, 4.69) is 20.7 Å². The van der Waals surface area contributed by atoms with Crippen LogP contribution < -0.4 is 15.2 Å². The fourth-order valence-electron chi connectivity index (χ4n) is 1.94. The molecule has 0 aliphatic carbocycles. The average molecular weight is 376 g/mol. The molecule has 0 radical (unpaired) electrons. The number of benzene rings is 2. The Labute approximate surface area is 134 Å². The van der Waals surface area contributed by atoms with Gasteiger partial charge in [0.2, 0.25) is 0 Å². The number of rotatable bonds is 4. The molecular weight excluding hydrogens is 363 g/mol. The second-order valence-corrected chi connectivity index (χ2v) is 5.34. The van der Waals surface area contributed by atoms with Crippen LogP contribution in [0.4, 0.5) is 13.2 Å². The summed E-state index contributed by atoms with van der Waals surface area (Å²) in [4.78, 5) is 0. The first-order valence-electron chi connectivity index (χ1n) is 6.25. The van der Waals surface area contributed by atoms with Gasteiger partial charge in [0.15, 0.2) is 0 Å². The molecule has 0 aliphatic rings. The van der Waals surface area contributed by atoms with Gasteiger partial charge in [0.05, 0.1) is 13.2 Å². The summed E-state index contributed by atoms with van der Waals surface area (Å²) in [6, 6.07) is 10.3. The van der Waals surface area contributed by atoms with Crippen molar-refractivity contribution in [1.82, 2.24) is 0 Å². The van der Waals surface area contributed by atoms with Gasteiger partial charge in [0.1, 0.15) is 11.5 Å². The van der Waals surface area contributed by atoms with Gasteiger partial charge in [-0.25, -0.2) is 0 Å². The van der Waals surface area contributed by atoms with Gasteiger partial charge < -0.3 is 15.2 Å². The molecule has 0 fully saturated rings. The second-order valence-electron chi connectivity index (χ2n) is 4.48. The van der Waals surface area contributed by atoms with Gasteiger partial charge in [-0.3, -0.25) is 0 Å². The molecule has 0 saturated heterocycles. The summed E-state index contributed by atoms with van der Waals surface area (Å²) in [5.74, 6) is 0.360. The van der Waals surface area contributed by atoms with E-state index in [0.717, 1.165) is 10.0 Å². The zero-order valence-corrected chi connectivity index (χ0v) is 13.1. The molecule has 0 unspecified atom stereocenters. The third-order valence-corrected chi connectivity index (χ3v) is 3.73. The normalized spacial score (nSPS) is 12.8. The molecule has 0 spiro atoms. The van der Waals surface area contributed by atoms with Crippen molar-refractivity contribution in [3.63, 3.8) is 0 Å². The summed E-state index contributed by atoms with van der Waals surface area (Å²) in [6.07, 6.45) is -4.71. The first kappa shape index (κ1) is 16.6. The molecule has 3 nitrogen and oxygen atoms in total. The van der Waals surface area contributed by atoms with Crippen LogP contribution in [0, 0.1) is 0 Å². The van der Waals surface area contributed by atoms with Crippen LogP contribution in [0.2, 0.25) is 0 Å². The van der Waals surface area contributed by atoms with Crippen LogP contribution in [0.15, 0.2) is 46.9 Å². The maximum absolute atomic E-state index is 12.1. The molecule has 22 heavy (non-hydrogen) atoms. The maximum atomic E-state index is 12.1. The molecule has 7 heteroatoms. The molecule has 0 heterocycles. The second kappa shape index (κ2) is 6.58. The van der Waals surface area contributed by atoms with Gasteiger partial charge in [-0.1, -0.05) is 28.1 Å². The lowest BCUT2D eigenvalue weighted by molar-refractivity contribution is -0.274. The van der Waals surface area contributed by atoms with Crippen molar-refractivity contribution >= 4 is 15.9 Å². The highest BCUT2D eigenvalue weighted by Crippen LogP contribution is 2.31. The van der Waals surface area contributed by atoms with Crippen LogP contribution in [-0.2, 0) is 0 Å². The highest BCUT2D eigenvalue weighted by Gasteiger charge is 2.31. The molecule has 0 bridgehead atoms. The van der Waals surface area contributed by atoms with E-state index in [0.29, 0.717) is 11.3 Å². The monoisotopic (exact) mass is 375 g/mol. The smallest absolute Gasteiger partial charge is 0.497 e. The molecule has 2 N–H and O–H groups in total. The van der Waals surface area contributed by atoms with Gasteiger partial charge in [0.25, 0.3) is 0 Å². The van der Waals surface area contributed by atoms with E-state index in [1.807, 2.05) is 0 Å². The summed E-state index contributed by atoms with van der Waals surface area (Å²) < 4.78 is 46.2. The van der Waals surface area contributed by atoms with Crippen LogP contribution in [0.5, 0.6) is 11.5 Å². The number of hydrogen-bond acceptors (Lipinski definition) is 3. The predicted octanol–water partition coefficient (Wildman–Crippen LogP) is 4.40. The minimum atomic E-state index is -4.71. The summed E-state index contributed by atoms with van der Waals surface area (Å²) in [7, 11) is 1.54. The minimum absolute atomic E-state index is 0.284. The fraction of sp³-hybridized carbons (Fsp3) is 0.200. The average Bonchev–Trinajstić information content (AvgIpc) is 2.46. The van der Waals surface area contributed by atoms with E-state index in [1.54, 1.807) is 25.3 Å². The maximum Gasteiger partial charge on any atom is 0.573 e. The van der Waals surface area contributed by atoms with Crippen molar-refractivity contribution < 1.29 is 22.6 Å². The Morgan fingerprint density at radius 3 is 2.18 bits per heavy atom. The van der Waals surface area contributed by atoms with Gasteiger partial charge in [-0.15, -0.1) is 13.2 Å². The van der Waals surface area contributed by atoms with Crippen molar-refractivity contribution in [2.75, 3.05) is 7.11 Å². The molecule has 1 atom stereocenters. The SMILES string of the molecule is COc1ccc(Br)c([C@@H](N)c2ccc(OC(F)(F)F)cc2)c1. The van der Waals surface area contributed by atoms with Crippen molar-refractivity contribution in [3.05, 3.63) is 58.1 Å². The lowest BCUT2D eigenvalue weighted by atomic mass is 9.99. The molecule has 118 valence electrons. The van der Waals surface area contributed by atoms with Crippen LogP contribution in [0.1, 0.15) is 17.2 Å². The topological polar surface area (TPSA) is 44.5 Å². The first-order chi connectivity index (χ1) is 10.3. The lowest BCUT2D eigenvalue weighted by Gasteiger charge is -2.16. The lowest BCUT2D eigenvalue weighted by Crippen LogP contribution is -2.17. The molecule has 0 aromatic heterocycles. The Kier molecular flexibility index (Phi) is 4.97. The Bertz CT molecular complexity index is 644. The van der Waals surface area contributed by atoms with Crippen LogP contribution >= 0.6 is 15.9 Å². The molecule has 2 aromatic carbocycles. The van der Waals surface area contributed by atoms with Crippen molar-refractivity contribution in [2.24, 2.45) is 5.73 Å². The van der Waals surface area contributed by atoms with E-state index >= 15 is 0 Å². The van der Waals surface area contributed by atoms with Gasteiger partial charge >= 0.3 is 6.36 Å². The van der Waals surface area contributed by atoms with Crippen LogP contribution in [0.3, 0.4) is 0 Å². The molecular formula is C15H13BrF3NO2. The number of nitrogens with two attached hydrogens (primary N) is 1. The standard InChI is InChI=1S/C15H13BrF3NO2/c1-21-11-6-7-13(16)12(8-11)14(20)9-2-4-10(5-3-9)22-15(17,18)19/h2-8,14H,20H2,1H3/t14-/m0/s1. The quantitative estimate of drug-likeness (QED) is 0.860. The molecule has 2 rings (SSSR count). The van der Waals surface area contributed by atoms with Gasteiger partial charge in [-0.05, 0) is 41.5 Å². The molecule has 0 aliphatic heterocycles. The predicted molar refractivity (Wildman–Crippen MR) is 79.8 cm³/mol. The van der Waals surface area contributed by atoms with Gasteiger partial charge in [0, 0.05) is 4.47 Å². The molecule has 2 aromatic rings. The van der Waals surface area contributed by atoms with Crippen molar-refractivity contribution in [2.45, 2.75) is 12.4 Å². The Balaban J connectivity index is 2.24. The third kappa shape index (κ3) is 4.14. The van der Waals surface area contributed by atoms with Crippen molar-refractivity contribution in [1.29, 1.82) is 0 Å². The van der Waals surface area contributed by atoms with E-state index in [1.165, 1.54) is 24.3 Å². The summed E-state index contributed by atoms with van der Waals surface area (Å²) in [5, 5.41) is 0. The number of halogens is 4. The minimum Gasteiger partial charge on any atom is -0.497 e. The largest absolute Gasteiger partial charge is 0.573 e. The third-order valence-electron chi connectivity index (χ3n) is 3.01. The number of methoxy groups -OCH3 is 1. The zero-order chi connectivity index (χ0) is 16.3. The fourth-order valence-corrected chi connectivity index (χ4v) is 2.44. The Hall–Kier alpha value is -1.73. The van der Waals surface area contributed by atoms with Gasteiger partial charge in [-0.2, -0.15) is 0 Å². The van der Waals surface area contributed by atoms with E-state index < -0.39 is 12.4 Å². The van der Waals surface area contributed by atoms with E-state index in [-0.39, 0.29) is 5.75 Å². The number of hydrogen-bond donors (Lipinski definition) is 1. The van der Waals surface area contributed by atoms with Crippen LogP contribution in [0.25, 0.3) is 0 Å². The Morgan fingerprint density at radius 1 is 1.05 bits per heavy atom. The molecule has 0 saturated carbocycles. The van der Waals surface area contributed by atoms with E-state index in [9.17, 15) is 13.2 Å². The highest BCUT2D eigenvalue weighted by atomic mass is 79.9. The zero-order valence-electron chi connectivity index (χ0n) is 11.5. The Morgan fingerprint density at radius 2 is 1.64 bits per heavy atom. The van der Waals surface area contributed by atoms with Crippen LogP contribution in [-0.4, -0.2) is 13.5 Å². The molecule has 0 amide bonds. The first-order valence-corrected chi connectivity index (χ1v) is 7.04. The number of ether oxygens (including phenoxy) is 2. The van der Waals surface area contributed by atoms with E-state index in [4.69, 9.17) is 10.5 Å².